The molecule has 0 saturated carbocycles. The molecule has 0 saturated heterocycles. The zero-order valence-corrected chi connectivity index (χ0v) is 15.9. The number of ether oxygens (including phenoxy) is 2. The summed E-state index contributed by atoms with van der Waals surface area (Å²) in [7, 11) is 1.64. The van der Waals surface area contributed by atoms with E-state index in [0.29, 0.717) is 18.7 Å². The number of nitrogens with zero attached hydrogens (tertiary/aromatic N) is 2. The fourth-order valence-corrected chi connectivity index (χ4v) is 2.92. The first kappa shape index (κ1) is 19.8. The van der Waals surface area contributed by atoms with Crippen molar-refractivity contribution >= 4 is 11.4 Å². The van der Waals surface area contributed by atoms with E-state index in [2.05, 4.69) is 30.0 Å². The summed E-state index contributed by atoms with van der Waals surface area (Å²) in [6.07, 6.45) is 2.81. The molecule has 140 valence electrons. The molecular formula is C21H28N2O3. The Kier molecular flexibility index (Phi) is 7.93. The Labute approximate surface area is 155 Å². The first-order valence-corrected chi connectivity index (χ1v) is 9.19. The summed E-state index contributed by atoms with van der Waals surface area (Å²) in [5, 5.41) is 3.17. The van der Waals surface area contributed by atoms with Gasteiger partial charge in [0.1, 0.15) is 17.2 Å². The first-order valence-electron chi connectivity index (χ1n) is 9.19. The molecule has 0 spiro atoms. The highest BCUT2D eigenvalue weighted by molar-refractivity contribution is 5.58. The van der Waals surface area contributed by atoms with Crippen LogP contribution in [0.4, 0.5) is 11.4 Å². The molecule has 0 amide bonds. The number of hydrogen-bond donors (Lipinski definition) is 0. The van der Waals surface area contributed by atoms with Gasteiger partial charge in [0.05, 0.1) is 13.7 Å². The van der Waals surface area contributed by atoms with E-state index >= 15 is 0 Å². The second-order valence-corrected chi connectivity index (χ2v) is 6.17. The van der Waals surface area contributed by atoms with Gasteiger partial charge in [0.15, 0.2) is 0 Å². The largest absolute Gasteiger partial charge is 0.497 e. The van der Waals surface area contributed by atoms with Crippen LogP contribution in [0.15, 0.2) is 47.6 Å². The third-order valence-corrected chi connectivity index (χ3v) is 4.21. The zero-order valence-electron chi connectivity index (χ0n) is 15.9. The van der Waals surface area contributed by atoms with Gasteiger partial charge in [-0.15, -0.1) is 4.91 Å². The van der Waals surface area contributed by atoms with Crippen LogP contribution in [0.1, 0.15) is 32.3 Å². The smallest absolute Gasteiger partial charge is 0.119 e. The average molecular weight is 356 g/mol. The Morgan fingerprint density at radius 2 is 1.62 bits per heavy atom. The van der Waals surface area contributed by atoms with Gasteiger partial charge >= 0.3 is 0 Å². The Hall–Kier alpha value is -2.56. The molecule has 2 aromatic carbocycles. The lowest BCUT2D eigenvalue weighted by atomic mass is 10.1. The third-order valence-electron chi connectivity index (χ3n) is 4.21. The first-order chi connectivity index (χ1) is 12.7. The van der Waals surface area contributed by atoms with Crippen molar-refractivity contribution in [3.63, 3.8) is 0 Å². The van der Waals surface area contributed by atoms with E-state index in [1.54, 1.807) is 7.11 Å². The van der Waals surface area contributed by atoms with Crippen LogP contribution in [0.3, 0.4) is 0 Å². The maximum Gasteiger partial charge on any atom is 0.119 e. The van der Waals surface area contributed by atoms with Gasteiger partial charge < -0.3 is 14.4 Å². The molecule has 5 nitrogen and oxygen atoms in total. The van der Waals surface area contributed by atoms with Crippen molar-refractivity contribution in [2.45, 2.75) is 33.1 Å². The van der Waals surface area contributed by atoms with Gasteiger partial charge in [0.25, 0.3) is 0 Å². The maximum atomic E-state index is 11.1. The second kappa shape index (κ2) is 10.4. The van der Waals surface area contributed by atoms with Gasteiger partial charge in [-0.1, -0.05) is 13.8 Å². The van der Waals surface area contributed by atoms with Crippen molar-refractivity contribution < 1.29 is 9.47 Å². The molecule has 0 aliphatic carbocycles. The lowest BCUT2D eigenvalue weighted by Gasteiger charge is -2.24. The van der Waals surface area contributed by atoms with Crippen LogP contribution in [0.25, 0.3) is 0 Å². The summed E-state index contributed by atoms with van der Waals surface area (Å²) in [4.78, 5) is 13.5. The van der Waals surface area contributed by atoms with Crippen LogP contribution >= 0.6 is 0 Å². The molecule has 0 fully saturated rings. The molecule has 2 rings (SSSR count). The summed E-state index contributed by atoms with van der Waals surface area (Å²) in [5.41, 5.74) is 2.55. The van der Waals surface area contributed by atoms with E-state index in [1.165, 1.54) is 0 Å². The number of anilines is 1. The van der Waals surface area contributed by atoms with Gasteiger partial charge in [-0.25, -0.2) is 0 Å². The van der Waals surface area contributed by atoms with Gasteiger partial charge in [-0.2, -0.15) is 0 Å². The summed E-state index contributed by atoms with van der Waals surface area (Å²) in [5.74, 6) is 1.57. The minimum absolute atomic E-state index is 0.486. The quantitative estimate of drug-likeness (QED) is 0.510. The molecule has 2 aromatic rings. The molecule has 0 aliphatic heterocycles. The lowest BCUT2D eigenvalue weighted by Crippen LogP contribution is -2.24. The number of benzene rings is 2. The van der Waals surface area contributed by atoms with E-state index in [0.717, 1.165) is 48.7 Å². The predicted octanol–water partition coefficient (Wildman–Crippen LogP) is 5.34. The standard InChI is InChI=1S/C21H28N2O3/c1-4-13-23(14-5-2)18-6-11-21(22-24)17(16-18)12-15-26-20-9-7-19(25-3)8-10-20/h6-11,16H,4-5,12-15H2,1-3H3. The molecular weight excluding hydrogens is 328 g/mol. The van der Waals surface area contributed by atoms with Crippen LogP contribution in [0.2, 0.25) is 0 Å². The fourth-order valence-electron chi connectivity index (χ4n) is 2.92. The maximum absolute atomic E-state index is 11.1. The van der Waals surface area contributed by atoms with Gasteiger partial charge in [0, 0.05) is 25.2 Å². The molecule has 5 heteroatoms. The van der Waals surface area contributed by atoms with Gasteiger partial charge in [-0.05, 0) is 66.0 Å². The minimum Gasteiger partial charge on any atom is -0.497 e. The van der Waals surface area contributed by atoms with Crippen molar-refractivity contribution in [2.75, 3.05) is 31.7 Å². The highest BCUT2D eigenvalue weighted by Gasteiger charge is 2.10. The van der Waals surface area contributed by atoms with Crippen LogP contribution in [0.5, 0.6) is 11.5 Å². The van der Waals surface area contributed by atoms with E-state index in [4.69, 9.17) is 9.47 Å². The molecule has 0 heterocycles. The SMILES string of the molecule is CCCN(CCC)c1ccc(N=O)c(CCOc2ccc(OC)cc2)c1. The molecule has 26 heavy (non-hydrogen) atoms. The molecule has 0 radical (unpaired) electrons. The van der Waals surface area contributed by atoms with Crippen molar-refractivity contribution in [1.82, 2.24) is 0 Å². The minimum atomic E-state index is 0.486. The fraction of sp³-hybridized carbons (Fsp3) is 0.429. The molecule has 0 aromatic heterocycles. The normalized spacial score (nSPS) is 10.4. The Balaban J connectivity index is 2.05. The predicted molar refractivity (Wildman–Crippen MR) is 107 cm³/mol. The Morgan fingerprint density at radius 1 is 0.962 bits per heavy atom. The topological polar surface area (TPSA) is 51.1 Å². The van der Waals surface area contributed by atoms with E-state index in [-0.39, 0.29) is 0 Å². The van der Waals surface area contributed by atoms with Crippen molar-refractivity contribution in [1.29, 1.82) is 0 Å². The van der Waals surface area contributed by atoms with Crippen LogP contribution < -0.4 is 14.4 Å². The second-order valence-electron chi connectivity index (χ2n) is 6.17. The summed E-state index contributed by atoms with van der Waals surface area (Å²) in [6.45, 7) is 6.84. The monoisotopic (exact) mass is 356 g/mol. The molecule has 0 N–H and O–H groups in total. The summed E-state index contributed by atoms with van der Waals surface area (Å²) >= 11 is 0. The zero-order chi connectivity index (χ0) is 18.8. The Bertz CT molecular complexity index is 680. The average Bonchev–Trinajstić information content (AvgIpc) is 2.68. The summed E-state index contributed by atoms with van der Waals surface area (Å²) < 4.78 is 10.9. The van der Waals surface area contributed by atoms with E-state index in [1.807, 2.05) is 36.4 Å². The van der Waals surface area contributed by atoms with Crippen molar-refractivity contribution in [3.05, 3.63) is 52.9 Å². The number of nitroso groups, excluding NO2 is 1. The highest BCUT2D eigenvalue weighted by Crippen LogP contribution is 2.27. The molecule has 0 aliphatic rings. The van der Waals surface area contributed by atoms with E-state index < -0.39 is 0 Å². The van der Waals surface area contributed by atoms with Crippen LogP contribution in [0, 0.1) is 4.91 Å². The number of rotatable bonds is 11. The third kappa shape index (κ3) is 5.48. The number of methoxy groups -OCH3 is 1. The van der Waals surface area contributed by atoms with Gasteiger partial charge in [-0.3, -0.25) is 0 Å². The van der Waals surface area contributed by atoms with Crippen molar-refractivity contribution in [2.24, 2.45) is 5.18 Å². The lowest BCUT2D eigenvalue weighted by molar-refractivity contribution is 0.321. The van der Waals surface area contributed by atoms with Gasteiger partial charge in [0.2, 0.25) is 0 Å². The molecule has 0 bridgehead atoms. The molecule has 0 atom stereocenters. The number of hydrogen-bond acceptors (Lipinski definition) is 5. The van der Waals surface area contributed by atoms with Crippen LogP contribution in [-0.2, 0) is 6.42 Å². The van der Waals surface area contributed by atoms with E-state index in [9.17, 15) is 4.91 Å². The van der Waals surface area contributed by atoms with Crippen LogP contribution in [-0.4, -0.2) is 26.8 Å². The summed E-state index contributed by atoms with van der Waals surface area (Å²) in [6, 6.07) is 13.3. The Morgan fingerprint density at radius 3 is 2.19 bits per heavy atom. The van der Waals surface area contributed by atoms with Crippen molar-refractivity contribution in [3.8, 4) is 11.5 Å². The highest BCUT2D eigenvalue weighted by atomic mass is 16.5. The molecule has 0 unspecified atom stereocenters.